The Morgan fingerprint density at radius 2 is 2.20 bits per heavy atom. The highest BCUT2D eigenvalue weighted by molar-refractivity contribution is 5.67. The lowest BCUT2D eigenvalue weighted by atomic mass is 10.00. The van der Waals surface area contributed by atoms with Crippen LogP contribution in [0.25, 0.3) is 0 Å². The first-order valence-electron chi connectivity index (χ1n) is 5.05. The van der Waals surface area contributed by atoms with Crippen LogP contribution in [-0.2, 0) is 17.6 Å². The van der Waals surface area contributed by atoms with Crippen LogP contribution in [0.3, 0.4) is 0 Å². The van der Waals surface area contributed by atoms with Gasteiger partial charge in [-0.2, -0.15) is 0 Å². The molecule has 15 heavy (non-hydrogen) atoms. The van der Waals surface area contributed by atoms with Crippen LogP contribution in [0.15, 0.2) is 18.2 Å². The summed E-state index contributed by atoms with van der Waals surface area (Å²) in [6.45, 7) is 2.04. The van der Waals surface area contributed by atoms with Crippen LogP contribution in [-0.4, -0.2) is 18.2 Å². The predicted molar refractivity (Wildman–Crippen MR) is 58.3 cm³/mol. The Balaban J connectivity index is 2.90. The summed E-state index contributed by atoms with van der Waals surface area (Å²) in [6.07, 6.45) is 1.59. The van der Waals surface area contributed by atoms with Crippen molar-refractivity contribution in [2.45, 2.75) is 26.2 Å². The number of carboxylic acids is 1. The predicted octanol–water partition coefficient (Wildman–Crippen LogP) is 2.27. The average Bonchev–Trinajstić information content (AvgIpc) is 2.25. The standard InChI is InChI=1S/C12H16O3/c1-3-10-9(7-8-12(13)14)5-4-6-11(10)15-2/h4-6H,3,7-8H2,1-2H3,(H,13,14). The molecule has 1 aromatic rings. The van der Waals surface area contributed by atoms with E-state index in [4.69, 9.17) is 9.84 Å². The minimum atomic E-state index is -0.764. The van der Waals surface area contributed by atoms with E-state index in [0.717, 1.165) is 23.3 Å². The molecule has 3 heteroatoms. The van der Waals surface area contributed by atoms with Gasteiger partial charge in [0.2, 0.25) is 0 Å². The van der Waals surface area contributed by atoms with Crippen LogP contribution in [0.2, 0.25) is 0 Å². The van der Waals surface area contributed by atoms with E-state index < -0.39 is 5.97 Å². The molecule has 3 nitrogen and oxygen atoms in total. The Morgan fingerprint density at radius 3 is 2.73 bits per heavy atom. The maximum Gasteiger partial charge on any atom is 0.303 e. The van der Waals surface area contributed by atoms with Crippen molar-refractivity contribution in [3.63, 3.8) is 0 Å². The molecule has 0 aliphatic rings. The molecule has 0 heterocycles. The van der Waals surface area contributed by atoms with Gasteiger partial charge in [0.25, 0.3) is 0 Å². The number of methoxy groups -OCH3 is 1. The first kappa shape index (κ1) is 11.6. The lowest BCUT2D eigenvalue weighted by molar-refractivity contribution is -0.136. The first-order chi connectivity index (χ1) is 7.19. The van der Waals surface area contributed by atoms with Crippen LogP contribution >= 0.6 is 0 Å². The van der Waals surface area contributed by atoms with E-state index in [9.17, 15) is 4.79 Å². The summed E-state index contributed by atoms with van der Waals surface area (Å²) in [4.78, 5) is 10.5. The molecule has 0 amide bonds. The van der Waals surface area contributed by atoms with Gasteiger partial charge in [0.05, 0.1) is 7.11 Å². The fourth-order valence-electron chi connectivity index (χ4n) is 1.68. The molecule has 0 saturated heterocycles. The Hall–Kier alpha value is -1.51. The molecule has 1 aromatic carbocycles. The van der Waals surface area contributed by atoms with Crippen molar-refractivity contribution in [1.82, 2.24) is 0 Å². The van der Waals surface area contributed by atoms with Crippen LogP contribution < -0.4 is 4.74 Å². The van der Waals surface area contributed by atoms with Crippen LogP contribution in [0.1, 0.15) is 24.5 Å². The van der Waals surface area contributed by atoms with Crippen LogP contribution in [0, 0.1) is 0 Å². The fourth-order valence-corrected chi connectivity index (χ4v) is 1.68. The number of aryl methyl sites for hydroxylation is 1. The Labute approximate surface area is 89.7 Å². The summed E-state index contributed by atoms with van der Waals surface area (Å²) < 4.78 is 5.24. The van der Waals surface area contributed by atoms with Crippen molar-refractivity contribution in [2.24, 2.45) is 0 Å². The Bertz CT molecular complexity index is 345. The summed E-state index contributed by atoms with van der Waals surface area (Å²) in [6, 6.07) is 5.77. The summed E-state index contributed by atoms with van der Waals surface area (Å²) in [5, 5.41) is 8.63. The number of ether oxygens (including phenoxy) is 1. The maximum atomic E-state index is 10.5. The largest absolute Gasteiger partial charge is 0.496 e. The molecule has 0 aliphatic heterocycles. The smallest absolute Gasteiger partial charge is 0.303 e. The molecule has 0 bridgehead atoms. The number of hydrogen-bond acceptors (Lipinski definition) is 2. The zero-order valence-electron chi connectivity index (χ0n) is 9.12. The van der Waals surface area contributed by atoms with Gasteiger partial charge < -0.3 is 9.84 Å². The number of hydrogen-bond donors (Lipinski definition) is 1. The molecule has 0 fully saturated rings. The molecule has 0 atom stereocenters. The zero-order valence-corrected chi connectivity index (χ0v) is 9.12. The van der Waals surface area contributed by atoms with E-state index in [1.165, 1.54) is 0 Å². The van der Waals surface area contributed by atoms with Gasteiger partial charge >= 0.3 is 5.97 Å². The van der Waals surface area contributed by atoms with Crippen molar-refractivity contribution < 1.29 is 14.6 Å². The number of aliphatic carboxylic acids is 1. The van der Waals surface area contributed by atoms with E-state index in [1.54, 1.807) is 7.11 Å². The zero-order chi connectivity index (χ0) is 11.3. The van der Waals surface area contributed by atoms with Gasteiger partial charge in [0.15, 0.2) is 0 Å². The van der Waals surface area contributed by atoms with Gasteiger partial charge in [-0.3, -0.25) is 4.79 Å². The molecule has 0 saturated carbocycles. The molecule has 0 aromatic heterocycles. The van der Waals surface area contributed by atoms with Crippen molar-refractivity contribution in [1.29, 1.82) is 0 Å². The SMILES string of the molecule is CCc1c(CCC(=O)O)cccc1OC. The molecular weight excluding hydrogens is 192 g/mol. The normalized spacial score (nSPS) is 10.0. The quantitative estimate of drug-likeness (QED) is 0.807. The molecular formula is C12H16O3. The van der Waals surface area contributed by atoms with Gasteiger partial charge in [-0.05, 0) is 30.0 Å². The first-order valence-corrected chi connectivity index (χ1v) is 5.05. The van der Waals surface area contributed by atoms with E-state index in [1.807, 2.05) is 25.1 Å². The number of rotatable bonds is 5. The van der Waals surface area contributed by atoms with Crippen molar-refractivity contribution in [3.8, 4) is 5.75 Å². The average molecular weight is 208 g/mol. The lowest BCUT2D eigenvalue weighted by Gasteiger charge is -2.11. The molecule has 0 spiro atoms. The minimum Gasteiger partial charge on any atom is -0.496 e. The number of benzene rings is 1. The maximum absolute atomic E-state index is 10.5. The third kappa shape index (κ3) is 2.98. The second kappa shape index (κ2) is 5.39. The van der Waals surface area contributed by atoms with E-state index in [-0.39, 0.29) is 6.42 Å². The van der Waals surface area contributed by atoms with Crippen molar-refractivity contribution in [2.75, 3.05) is 7.11 Å². The molecule has 1 N–H and O–H groups in total. The van der Waals surface area contributed by atoms with E-state index in [0.29, 0.717) is 6.42 Å². The second-order valence-corrected chi connectivity index (χ2v) is 3.35. The van der Waals surface area contributed by atoms with Crippen LogP contribution in [0.5, 0.6) is 5.75 Å². The van der Waals surface area contributed by atoms with E-state index in [2.05, 4.69) is 0 Å². The highest BCUT2D eigenvalue weighted by atomic mass is 16.5. The monoisotopic (exact) mass is 208 g/mol. The summed E-state index contributed by atoms with van der Waals surface area (Å²) in [5.41, 5.74) is 2.18. The number of carboxylic acid groups (broad SMARTS) is 1. The van der Waals surface area contributed by atoms with Gasteiger partial charge in [-0.25, -0.2) is 0 Å². The lowest BCUT2D eigenvalue weighted by Crippen LogP contribution is -2.01. The molecule has 0 unspecified atom stereocenters. The summed E-state index contributed by atoms with van der Waals surface area (Å²) in [5.74, 6) is 0.0836. The van der Waals surface area contributed by atoms with Gasteiger partial charge in [0, 0.05) is 6.42 Å². The van der Waals surface area contributed by atoms with Crippen molar-refractivity contribution >= 4 is 5.97 Å². The molecule has 1 rings (SSSR count). The third-order valence-electron chi connectivity index (χ3n) is 2.41. The third-order valence-corrected chi connectivity index (χ3v) is 2.41. The summed E-state index contributed by atoms with van der Waals surface area (Å²) in [7, 11) is 1.63. The van der Waals surface area contributed by atoms with Gasteiger partial charge in [-0.15, -0.1) is 0 Å². The van der Waals surface area contributed by atoms with Gasteiger partial charge in [-0.1, -0.05) is 19.1 Å². The highest BCUT2D eigenvalue weighted by Gasteiger charge is 2.08. The van der Waals surface area contributed by atoms with Gasteiger partial charge in [0.1, 0.15) is 5.75 Å². The fraction of sp³-hybridized carbons (Fsp3) is 0.417. The second-order valence-electron chi connectivity index (χ2n) is 3.35. The Kier molecular flexibility index (Phi) is 4.16. The van der Waals surface area contributed by atoms with Crippen molar-refractivity contribution in [3.05, 3.63) is 29.3 Å². The van der Waals surface area contributed by atoms with E-state index >= 15 is 0 Å². The minimum absolute atomic E-state index is 0.167. The molecule has 82 valence electrons. The summed E-state index contributed by atoms with van der Waals surface area (Å²) >= 11 is 0. The highest BCUT2D eigenvalue weighted by Crippen LogP contribution is 2.23. The molecule has 0 aliphatic carbocycles. The van der Waals surface area contributed by atoms with Crippen LogP contribution in [0.4, 0.5) is 0 Å². The number of carbonyl (C=O) groups is 1. The topological polar surface area (TPSA) is 46.5 Å². The molecule has 0 radical (unpaired) electrons. The Morgan fingerprint density at radius 1 is 1.47 bits per heavy atom.